The van der Waals surface area contributed by atoms with Crippen LogP contribution in [0.25, 0.3) is 0 Å². The number of nitrogens with zero attached hydrogens (tertiary/aromatic N) is 2. The van der Waals surface area contributed by atoms with E-state index in [0.29, 0.717) is 13.0 Å². The molecule has 2 aliphatic rings. The first-order valence-electron chi connectivity index (χ1n) is 10.4. The minimum atomic E-state index is -0.147. The number of aryl methyl sites for hydroxylation is 2. The van der Waals surface area contributed by atoms with Crippen LogP contribution in [-0.2, 0) is 35.3 Å². The lowest BCUT2D eigenvalue weighted by Gasteiger charge is -2.16. The van der Waals surface area contributed by atoms with E-state index in [0.717, 1.165) is 41.1 Å². The van der Waals surface area contributed by atoms with Gasteiger partial charge in [0, 0.05) is 35.4 Å². The monoisotopic (exact) mass is 396 g/mol. The van der Waals surface area contributed by atoms with Crippen molar-refractivity contribution in [2.45, 2.75) is 45.8 Å². The Labute approximate surface area is 176 Å². The normalized spacial score (nSPS) is 17.6. The van der Waals surface area contributed by atoms with Gasteiger partial charge in [-0.3, -0.25) is 14.8 Å². The number of carbonyl (C=O) groups is 1. The Morgan fingerprint density at radius 3 is 2.50 bits per heavy atom. The highest BCUT2D eigenvalue weighted by Crippen LogP contribution is 2.30. The van der Waals surface area contributed by atoms with Crippen molar-refractivity contribution in [2.24, 2.45) is 4.99 Å². The molecule has 2 aromatic carbocycles. The second-order valence-electron chi connectivity index (χ2n) is 8.26. The number of carbonyl (C=O) groups excluding carboxylic acids is 1. The van der Waals surface area contributed by atoms with E-state index in [1.54, 1.807) is 0 Å². The number of aliphatic imine (C=N–C) groups is 1. The van der Waals surface area contributed by atoms with Gasteiger partial charge in [-0.05, 0) is 54.3 Å². The number of ether oxygens (including phenoxy) is 1. The van der Waals surface area contributed by atoms with Gasteiger partial charge >= 0.3 is 5.97 Å². The summed E-state index contributed by atoms with van der Waals surface area (Å²) >= 11 is 0. The van der Waals surface area contributed by atoms with Crippen molar-refractivity contribution in [3.63, 3.8) is 0 Å². The van der Waals surface area contributed by atoms with Crippen LogP contribution in [0, 0.1) is 13.8 Å². The van der Waals surface area contributed by atoms with Crippen LogP contribution in [0.1, 0.15) is 44.8 Å². The predicted molar refractivity (Wildman–Crippen MR) is 117 cm³/mol. The van der Waals surface area contributed by atoms with Gasteiger partial charge in [-0.2, -0.15) is 0 Å². The predicted octanol–water partition coefficient (Wildman–Crippen LogP) is 4.30. The molecule has 3 heterocycles. The SMILES string of the molecule is Cc1cc(C2=NCc3cc4c(cc32)CC(Cc2ccccc2)OC(=O)C4)cc(C)n1. The molecule has 1 unspecified atom stereocenters. The van der Waals surface area contributed by atoms with E-state index in [4.69, 9.17) is 9.73 Å². The molecule has 150 valence electrons. The fraction of sp³-hybridized carbons (Fsp3) is 0.269. The first kappa shape index (κ1) is 18.7. The highest BCUT2D eigenvalue weighted by Gasteiger charge is 2.27. The van der Waals surface area contributed by atoms with Crippen molar-refractivity contribution in [3.05, 3.63) is 99.4 Å². The molecule has 0 saturated heterocycles. The van der Waals surface area contributed by atoms with Gasteiger partial charge in [-0.15, -0.1) is 0 Å². The van der Waals surface area contributed by atoms with E-state index in [-0.39, 0.29) is 12.1 Å². The summed E-state index contributed by atoms with van der Waals surface area (Å²) < 4.78 is 5.79. The minimum absolute atomic E-state index is 0.144. The maximum Gasteiger partial charge on any atom is 0.310 e. The molecule has 4 heteroatoms. The Morgan fingerprint density at radius 1 is 0.967 bits per heavy atom. The molecule has 0 amide bonds. The number of esters is 1. The second-order valence-corrected chi connectivity index (χ2v) is 8.26. The van der Waals surface area contributed by atoms with Crippen LogP contribution in [-0.4, -0.2) is 22.8 Å². The maximum absolute atomic E-state index is 12.4. The molecule has 0 N–H and O–H groups in total. The molecular weight excluding hydrogens is 372 g/mol. The molecule has 1 aromatic heterocycles. The summed E-state index contributed by atoms with van der Waals surface area (Å²) in [6.07, 6.45) is 1.64. The summed E-state index contributed by atoms with van der Waals surface area (Å²) in [5.74, 6) is -0.144. The summed E-state index contributed by atoms with van der Waals surface area (Å²) in [5, 5.41) is 0. The van der Waals surface area contributed by atoms with Gasteiger partial charge in [0.1, 0.15) is 6.10 Å². The third-order valence-electron chi connectivity index (χ3n) is 5.83. The van der Waals surface area contributed by atoms with Gasteiger partial charge in [0.2, 0.25) is 0 Å². The van der Waals surface area contributed by atoms with Crippen LogP contribution in [0.5, 0.6) is 0 Å². The Morgan fingerprint density at radius 2 is 1.73 bits per heavy atom. The molecule has 0 radical (unpaired) electrons. The molecule has 0 saturated carbocycles. The van der Waals surface area contributed by atoms with Gasteiger partial charge in [-0.1, -0.05) is 36.4 Å². The van der Waals surface area contributed by atoms with Gasteiger partial charge in [0.15, 0.2) is 0 Å². The van der Waals surface area contributed by atoms with Gasteiger partial charge in [-0.25, -0.2) is 0 Å². The third-order valence-corrected chi connectivity index (χ3v) is 5.83. The molecular formula is C26H24N2O2. The van der Waals surface area contributed by atoms with Crippen LogP contribution in [0.3, 0.4) is 0 Å². The van der Waals surface area contributed by atoms with Crippen molar-refractivity contribution in [1.82, 2.24) is 4.98 Å². The van der Waals surface area contributed by atoms with Crippen molar-refractivity contribution in [2.75, 3.05) is 0 Å². The second kappa shape index (κ2) is 7.52. The number of pyridine rings is 1. The highest BCUT2D eigenvalue weighted by atomic mass is 16.5. The number of rotatable bonds is 3. The zero-order chi connectivity index (χ0) is 20.7. The van der Waals surface area contributed by atoms with Crippen molar-refractivity contribution < 1.29 is 9.53 Å². The summed E-state index contributed by atoms with van der Waals surface area (Å²) in [5.41, 5.74) is 9.95. The summed E-state index contributed by atoms with van der Waals surface area (Å²) in [7, 11) is 0. The van der Waals surface area contributed by atoms with E-state index in [1.165, 1.54) is 22.3 Å². The van der Waals surface area contributed by atoms with Crippen LogP contribution in [0.15, 0.2) is 59.6 Å². The fourth-order valence-corrected chi connectivity index (χ4v) is 4.57. The lowest BCUT2D eigenvalue weighted by atomic mass is 9.90. The zero-order valence-electron chi connectivity index (χ0n) is 17.3. The Kier molecular flexibility index (Phi) is 4.70. The number of aromatic nitrogens is 1. The Bertz CT molecular complexity index is 1140. The minimum Gasteiger partial charge on any atom is -0.461 e. The topological polar surface area (TPSA) is 51.5 Å². The first-order chi connectivity index (χ1) is 14.5. The molecule has 5 rings (SSSR count). The molecule has 30 heavy (non-hydrogen) atoms. The molecule has 0 aliphatic carbocycles. The standard InChI is InChI=1S/C26H24N2O2/c1-16-8-21(9-17(2)28-16)26-24-13-20-12-23(10-18-6-4-3-5-7-18)30-25(29)14-19(20)11-22(24)15-27-26/h3-9,11,13,23H,10,12,14-15H2,1-2H3. The summed E-state index contributed by atoms with van der Waals surface area (Å²) in [6.45, 7) is 4.68. The number of benzene rings is 2. The van der Waals surface area contributed by atoms with Gasteiger partial charge in [0.25, 0.3) is 0 Å². The lowest BCUT2D eigenvalue weighted by Crippen LogP contribution is -2.21. The maximum atomic E-state index is 12.4. The third kappa shape index (κ3) is 3.65. The number of hydrogen-bond donors (Lipinski definition) is 0. The van der Waals surface area contributed by atoms with E-state index in [9.17, 15) is 4.79 Å². The molecule has 3 aromatic rings. The van der Waals surface area contributed by atoms with Crippen LogP contribution < -0.4 is 0 Å². The van der Waals surface area contributed by atoms with E-state index in [1.807, 2.05) is 32.0 Å². The first-order valence-corrected chi connectivity index (χ1v) is 10.4. The Hall–Kier alpha value is -3.27. The highest BCUT2D eigenvalue weighted by molar-refractivity contribution is 6.15. The van der Waals surface area contributed by atoms with Gasteiger partial charge in [0.05, 0.1) is 18.7 Å². The zero-order valence-corrected chi connectivity index (χ0v) is 17.3. The van der Waals surface area contributed by atoms with Crippen molar-refractivity contribution in [1.29, 1.82) is 0 Å². The molecule has 0 fully saturated rings. The number of cyclic esters (lactones) is 1. The molecule has 2 aliphatic heterocycles. The fourth-order valence-electron chi connectivity index (χ4n) is 4.57. The van der Waals surface area contributed by atoms with Gasteiger partial charge < -0.3 is 4.74 Å². The van der Waals surface area contributed by atoms with E-state index in [2.05, 4.69) is 41.4 Å². The average Bonchev–Trinajstić information content (AvgIpc) is 3.03. The van der Waals surface area contributed by atoms with E-state index >= 15 is 0 Å². The Balaban J connectivity index is 1.49. The van der Waals surface area contributed by atoms with Crippen molar-refractivity contribution >= 4 is 11.7 Å². The lowest BCUT2D eigenvalue weighted by molar-refractivity contribution is -0.147. The van der Waals surface area contributed by atoms with Crippen LogP contribution in [0.2, 0.25) is 0 Å². The smallest absolute Gasteiger partial charge is 0.310 e. The molecule has 1 atom stereocenters. The number of hydrogen-bond acceptors (Lipinski definition) is 4. The van der Waals surface area contributed by atoms with Crippen LogP contribution in [0.4, 0.5) is 0 Å². The van der Waals surface area contributed by atoms with Crippen molar-refractivity contribution in [3.8, 4) is 0 Å². The molecule has 0 bridgehead atoms. The molecule has 0 spiro atoms. The largest absolute Gasteiger partial charge is 0.461 e. The van der Waals surface area contributed by atoms with E-state index < -0.39 is 0 Å². The van der Waals surface area contributed by atoms with Crippen LogP contribution >= 0.6 is 0 Å². The summed E-state index contributed by atoms with van der Waals surface area (Å²) in [4.78, 5) is 21.8. The summed E-state index contributed by atoms with van der Waals surface area (Å²) in [6, 6.07) is 18.8. The molecule has 4 nitrogen and oxygen atoms in total. The quantitative estimate of drug-likeness (QED) is 0.620. The average molecular weight is 396 g/mol. The number of fused-ring (bicyclic) bond motifs is 2.